The Kier molecular flexibility index (Phi) is 6.50. The Bertz CT molecular complexity index is 644. The van der Waals surface area contributed by atoms with Crippen LogP contribution in [0.4, 0.5) is 4.39 Å². The molecule has 3 rings (SSSR count). The molecule has 1 amide bonds. The standard InChI is InChI=1S/C21H31FN2O3/c1-14(2)20(24-11-15(3)27-16(4)12-24)21(25)23-9-10-26-19(13-23)17-7-5-6-8-18(17)22/h5-8,14-16,19-20H,9-13H2,1-4H3. The highest BCUT2D eigenvalue weighted by Gasteiger charge is 2.38. The molecule has 27 heavy (non-hydrogen) atoms. The predicted molar refractivity (Wildman–Crippen MR) is 102 cm³/mol. The minimum absolute atomic E-state index is 0.107. The zero-order valence-corrected chi connectivity index (χ0v) is 16.7. The lowest BCUT2D eigenvalue weighted by molar-refractivity contribution is -0.152. The van der Waals surface area contributed by atoms with Crippen molar-refractivity contribution >= 4 is 5.91 Å². The number of carbonyl (C=O) groups excluding carboxylic acids is 1. The van der Waals surface area contributed by atoms with Crippen LogP contribution < -0.4 is 0 Å². The number of hydrogen-bond donors (Lipinski definition) is 0. The molecule has 6 heteroatoms. The van der Waals surface area contributed by atoms with E-state index < -0.39 is 6.10 Å². The number of halogens is 1. The highest BCUT2D eigenvalue weighted by atomic mass is 19.1. The van der Waals surface area contributed by atoms with E-state index in [4.69, 9.17) is 9.47 Å². The van der Waals surface area contributed by atoms with Gasteiger partial charge in [0.05, 0.1) is 31.4 Å². The Labute approximate surface area is 161 Å². The Hall–Kier alpha value is -1.50. The third kappa shape index (κ3) is 4.68. The van der Waals surface area contributed by atoms with Gasteiger partial charge in [-0.3, -0.25) is 9.69 Å². The van der Waals surface area contributed by atoms with Crippen molar-refractivity contribution in [1.29, 1.82) is 0 Å². The van der Waals surface area contributed by atoms with Gasteiger partial charge in [0.1, 0.15) is 11.9 Å². The van der Waals surface area contributed by atoms with Gasteiger partial charge < -0.3 is 14.4 Å². The number of morpholine rings is 2. The smallest absolute Gasteiger partial charge is 0.240 e. The molecule has 0 saturated carbocycles. The highest BCUT2D eigenvalue weighted by molar-refractivity contribution is 5.82. The highest BCUT2D eigenvalue weighted by Crippen LogP contribution is 2.27. The van der Waals surface area contributed by atoms with Crippen LogP contribution in [0.15, 0.2) is 24.3 Å². The zero-order valence-electron chi connectivity index (χ0n) is 16.7. The summed E-state index contributed by atoms with van der Waals surface area (Å²) in [4.78, 5) is 17.5. The first-order chi connectivity index (χ1) is 12.9. The summed E-state index contributed by atoms with van der Waals surface area (Å²) in [5.41, 5.74) is 0.518. The Balaban J connectivity index is 1.75. The number of rotatable bonds is 4. The molecule has 2 aliphatic rings. The van der Waals surface area contributed by atoms with Gasteiger partial charge in [0, 0.05) is 25.2 Å². The third-order valence-electron chi connectivity index (χ3n) is 5.36. The van der Waals surface area contributed by atoms with Gasteiger partial charge in [-0.1, -0.05) is 32.0 Å². The molecule has 0 aliphatic carbocycles. The van der Waals surface area contributed by atoms with E-state index in [2.05, 4.69) is 18.7 Å². The van der Waals surface area contributed by atoms with E-state index in [0.717, 1.165) is 13.1 Å². The Morgan fingerprint density at radius 3 is 2.44 bits per heavy atom. The quantitative estimate of drug-likeness (QED) is 0.808. The van der Waals surface area contributed by atoms with Gasteiger partial charge in [-0.25, -0.2) is 4.39 Å². The molecule has 150 valence electrons. The molecule has 4 atom stereocenters. The summed E-state index contributed by atoms with van der Waals surface area (Å²) in [6.45, 7) is 11.1. The molecule has 2 aliphatic heterocycles. The van der Waals surface area contributed by atoms with Crippen molar-refractivity contribution in [3.63, 3.8) is 0 Å². The number of hydrogen-bond acceptors (Lipinski definition) is 4. The van der Waals surface area contributed by atoms with E-state index in [-0.39, 0.29) is 35.9 Å². The first kappa shape index (κ1) is 20.2. The summed E-state index contributed by atoms with van der Waals surface area (Å²) < 4.78 is 25.8. The Morgan fingerprint density at radius 1 is 1.15 bits per heavy atom. The fraction of sp³-hybridized carbons (Fsp3) is 0.667. The second-order valence-corrected chi connectivity index (χ2v) is 8.07. The molecule has 1 aromatic rings. The number of ether oxygens (including phenoxy) is 2. The molecule has 0 aromatic heterocycles. The predicted octanol–water partition coefficient (Wildman–Crippen LogP) is 2.86. The summed E-state index contributed by atoms with van der Waals surface area (Å²) in [6.07, 6.45) is -0.198. The molecule has 4 unspecified atom stereocenters. The summed E-state index contributed by atoms with van der Waals surface area (Å²) in [5.74, 6) is 0.00809. The van der Waals surface area contributed by atoms with Crippen LogP contribution >= 0.6 is 0 Å². The van der Waals surface area contributed by atoms with Crippen LogP contribution in [0.25, 0.3) is 0 Å². The SMILES string of the molecule is CC1CN(C(C(=O)N2CCOC(c3ccccc3F)C2)C(C)C)CC(C)O1. The minimum Gasteiger partial charge on any atom is -0.373 e. The van der Waals surface area contributed by atoms with Crippen molar-refractivity contribution in [3.8, 4) is 0 Å². The topological polar surface area (TPSA) is 42.0 Å². The van der Waals surface area contributed by atoms with Crippen LogP contribution in [0, 0.1) is 11.7 Å². The summed E-state index contributed by atoms with van der Waals surface area (Å²) >= 11 is 0. The first-order valence-electron chi connectivity index (χ1n) is 9.91. The maximum atomic E-state index is 14.2. The molecule has 0 spiro atoms. The van der Waals surface area contributed by atoms with Crippen molar-refractivity contribution in [3.05, 3.63) is 35.6 Å². The number of benzene rings is 1. The molecule has 0 N–H and O–H groups in total. The lowest BCUT2D eigenvalue weighted by Gasteiger charge is -2.44. The van der Waals surface area contributed by atoms with E-state index >= 15 is 0 Å². The monoisotopic (exact) mass is 378 g/mol. The fourth-order valence-electron chi connectivity index (χ4n) is 4.27. The van der Waals surface area contributed by atoms with Crippen LogP contribution in [0.5, 0.6) is 0 Å². The molecule has 2 fully saturated rings. The Morgan fingerprint density at radius 2 is 1.81 bits per heavy atom. The van der Waals surface area contributed by atoms with Gasteiger partial charge in [-0.2, -0.15) is 0 Å². The molecule has 5 nitrogen and oxygen atoms in total. The van der Waals surface area contributed by atoms with Crippen molar-refractivity contribution in [1.82, 2.24) is 9.80 Å². The van der Waals surface area contributed by atoms with E-state index in [1.54, 1.807) is 18.2 Å². The molecule has 0 radical (unpaired) electrons. The summed E-state index contributed by atoms with van der Waals surface area (Å²) in [6, 6.07) is 6.44. The van der Waals surface area contributed by atoms with E-state index in [1.807, 2.05) is 18.7 Å². The van der Waals surface area contributed by atoms with Crippen molar-refractivity contribution < 1.29 is 18.7 Å². The van der Waals surface area contributed by atoms with Gasteiger partial charge in [0.15, 0.2) is 0 Å². The maximum absolute atomic E-state index is 14.2. The average Bonchev–Trinajstić information content (AvgIpc) is 2.61. The lowest BCUT2D eigenvalue weighted by Crippen LogP contribution is -2.59. The minimum atomic E-state index is -0.417. The first-order valence-corrected chi connectivity index (χ1v) is 9.91. The third-order valence-corrected chi connectivity index (χ3v) is 5.36. The molecule has 2 saturated heterocycles. The number of nitrogens with zero attached hydrogens (tertiary/aromatic N) is 2. The zero-order chi connectivity index (χ0) is 19.6. The summed E-state index contributed by atoms with van der Waals surface area (Å²) in [5, 5.41) is 0. The van der Waals surface area contributed by atoms with Gasteiger partial charge in [-0.15, -0.1) is 0 Å². The lowest BCUT2D eigenvalue weighted by atomic mass is 9.98. The second-order valence-electron chi connectivity index (χ2n) is 8.07. The van der Waals surface area contributed by atoms with Crippen molar-refractivity contribution in [2.24, 2.45) is 5.92 Å². The normalized spacial score (nSPS) is 28.4. The molecule has 2 heterocycles. The van der Waals surface area contributed by atoms with E-state index in [9.17, 15) is 9.18 Å². The van der Waals surface area contributed by atoms with E-state index in [1.165, 1.54) is 6.07 Å². The van der Waals surface area contributed by atoms with Gasteiger partial charge in [-0.05, 0) is 25.8 Å². The molecular weight excluding hydrogens is 347 g/mol. The number of amides is 1. The van der Waals surface area contributed by atoms with Crippen molar-refractivity contribution in [2.45, 2.75) is 52.0 Å². The largest absolute Gasteiger partial charge is 0.373 e. The maximum Gasteiger partial charge on any atom is 0.240 e. The molecule has 0 bridgehead atoms. The van der Waals surface area contributed by atoms with Gasteiger partial charge in [0.25, 0.3) is 0 Å². The van der Waals surface area contributed by atoms with Crippen LogP contribution in [-0.4, -0.2) is 66.7 Å². The average molecular weight is 378 g/mol. The second kappa shape index (κ2) is 8.67. The molecule has 1 aromatic carbocycles. The van der Waals surface area contributed by atoms with E-state index in [0.29, 0.717) is 25.3 Å². The van der Waals surface area contributed by atoms with Crippen LogP contribution in [0.2, 0.25) is 0 Å². The fourth-order valence-corrected chi connectivity index (χ4v) is 4.27. The number of carbonyl (C=O) groups is 1. The van der Waals surface area contributed by atoms with Gasteiger partial charge in [0.2, 0.25) is 5.91 Å². The van der Waals surface area contributed by atoms with Crippen molar-refractivity contribution in [2.75, 3.05) is 32.8 Å². The van der Waals surface area contributed by atoms with Crippen LogP contribution in [0.3, 0.4) is 0 Å². The van der Waals surface area contributed by atoms with Crippen LogP contribution in [0.1, 0.15) is 39.4 Å². The van der Waals surface area contributed by atoms with Crippen LogP contribution in [-0.2, 0) is 14.3 Å². The summed E-state index contributed by atoms with van der Waals surface area (Å²) in [7, 11) is 0. The molecular formula is C21H31FN2O3. The van der Waals surface area contributed by atoms with Gasteiger partial charge >= 0.3 is 0 Å².